The van der Waals surface area contributed by atoms with Crippen LogP contribution in [0.25, 0.3) is 0 Å². The Balaban J connectivity index is 4.13. The summed E-state index contributed by atoms with van der Waals surface area (Å²) in [6, 6.07) is 0. The van der Waals surface area contributed by atoms with Crippen molar-refractivity contribution in [2.24, 2.45) is 0 Å². The summed E-state index contributed by atoms with van der Waals surface area (Å²) in [6.45, 7) is 3.54. The average molecular weight is 697 g/mol. The van der Waals surface area contributed by atoms with Crippen molar-refractivity contribution in [1.82, 2.24) is 0 Å². The molecule has 278 valence electrons. The summed E-state index contributed by atoms with van der Waals surface area (Å²) in [5, 5.41) is 0. The number of hydrogen-bond acceptors (Lipinski definition) is 6. The van der Waals surface area contributed by atoms with E-state index in [2.05, 4.69) is 42.7 Å². The second-order valence-electron chi connectivity index (χ2n) is 12.6. The lowest BCUT2D eigenvalue weighted by Crippen LogP contribution is -2.29. The molecule has 0 aromatic heterocycles. The predicted octanol–water partition coefficient (Wildman–Crippen LogP) is 11.2. The van der Waals surface area contributed by atoms with E-state index in [4.69, 9.17) is 19.3 Å². The molecule has 2 N–H and O–H groups in total. The second kappa shape index (κ2) is 34.9. The fourth-order valence-electron chi connectivity index (χ4n) is 5.07. The molecule has 48 heavy (non-hydrogen) atoms. The van der Waals surface area contributed by atoms with Crippen LogP contribution >= 0.6 is 7.82 Å². The lowest BCUT2D eigenvalue weighted by molar-refractivity contribution is -0.157. The quantitative estimate of drug-likeness (QED) is 0.0170. The van der Waals surface area contributed by atoms with E-state index in [-0.39, 0.29) is 13.0 Å². The van der Waals surface area contributed by atoms with Crippen molar-refractivity contribution in [2.75, 3.05) is 13.2 Å². The highest BCUT2D eigenvalue weighted by atomic mass is 31.2. The van der Waals surface area contributed by atoms with Gasteiger partial charge in [0, 0.05) is 12.5 Å². The van der Waals surface area contributed by atoms with E-state index in [1.165, 1.54) is 109 Å². The third-order valence-corrected chi connectivity index (χ3v) is 8.41. The van der Waals surface area contributed by atoms with Crippen molar-refractivity contribution in [3.8, 4) is 0 Å². The first-order valence-electron chi connectivity index (χ1n) is 19.0. The van der Waals surface area contributed by atoms with Crippen LogP contribution in [0.1, 0.15) is 168 Å². The Morgan fingerprint density at radius 3 is 1.60 bits per heavy atom. The van der Waals surface area contributed by atoms with Gasteiger partial charge in [0.15, 0.2) is 6.10 Å². The number of unbranched alkanes of at least 4 members (excludes halogenated alkanes) is 19. The number of carbonyl (C=O) groups excluding carboxylic acids is 2. The maximum absolute atomic E-state index is 12.2. The summed E-state index contributed by atoms with van der Waals surface area (Å²) in [5.41, 5.74) is 0. The number of phosphoric ester groups is 1. The van der Waals surface area contributed by atoms with E-state index in [1.54, 1.807) is 12.2 Å². The average Bonchev–Trinajstić information content (AvgIpc) is 3.05. The third-order valence-electron chi connectivity index (χ3n) is 7.93. The van der Waals surface area contributed by atoms with Gasteiger partial charge in [-0.1, -0.05) is 153 Å². The Hall–Kier alpha value is -1.99. The summed E-state index contributed by atoms with van der Waals surface area (Å²) < 4.78 is 26.1. The minimum absolute atomic E-state index is 0.204. The van der Waals surface area contributed by atoms with Crippen molar-refractivity contribution >= 4 is 19.8 Å². The summed E-state index contributed by atoms with van der Waals surface area (Å²) in [5.74, 6) is -1.18. The Morgan fingerprint density at radius 2 is 1.08 bits per heavy atom. The number of phosphoric acid groups is 1. The van der Waals surface area contributed by atoms with Crippen LogP contribution < -0.4 is 0 Å². The molecule has 0 aliphatic heterocycles. The first-order valence-corrected chi connectivity index (χ1v) is 20.5. The van der Waals surface area contributed by atoms with Gasteiger partial charge >= 0.3 is 19.8 Å². The van der Waals surface area contributed by atoms with Gasteiger partial charge in [0.2, 0.25) is 0 Å². The summed E-state index contributed by atoms with van der Waals surface area (Å²) in [7, 11) is -4.78. The maximum Gasteiger partial charge on any atom is 0.469 e. The van der Waals surface area contributed by atoms with Gasteiger partial charge in [-0.3, -0.25) is 9.32 Å². The molecule has 0 radical (unpaired) electrons. The number of allylic oxidation sites excluding steroid dienone is 7. The summed E-state index contributed by atoms with van der Waals surface area (Å²) in [4.78, 5) is 42.5. The van der Waals surface area contributed by atoms with E-state index in [0.717, 1.165) is 38.5 Å². The zero-order chi connectivity index (χ0) is 35.4. The molecule has 0 heterocycles. The molecule has 0 aliphatic carbocycles. The molecular formula is C39H69O8P. The van der Waals surface area contributed by atoms with Crippen LogP contribution in [0, 0.1) is 0 Å². The number of hydrogen-bond donors (Lipinski definition) is 2. The van der Waals surface area contributed by atoms with Crippen LogP contribution in [0.5, 0.6) is 0 Å². The molecule has 0 aromatic rings. The summed E-state index contributed by atoms with van der Waals surface area (Å²) in [6.07, 6.45) is 41.8. The molecule has 0 rings (SSSR count). The van der Waals surface area contributed by atoms with Gasteiger partial charge in [-0.05, 0) is 51.4 Å². The van der Waals surface area contributed by atoms with E-state index in [1.807, 2.05) is 6.08 Å². The molecular weight excluding hydrogens is 627 g/mol. The Kier molecular flexibility index (Phi) is 33.4. The molecule has 1 atom stereocenters. The topological polar surface area (TPSA) is 119 Å². The van der Waals surface area contributed by atoms with Gasteiger partial charge in [0.1, 0.15) is 6.61 Å². The summed E-state index contributed by atoms with van der Waals surface area (Å²) >= 11 is 0. The Bertz CT molecular complexity index is 921. The van der Waals surface area contributed by atoms with Gasteiger partial charge < -0.3 is 19.3 Å². The SMILES string of the molecule is CCCCCCCC/C=C/C/C=C/CCCCC(=O)OC[C@H](COP(=O)(O)O)OC(=O)/C=C/C=C/CCCCCCCCCCCCC. The fraction of sp³-hybridized carbons (Fsp3) is 0.744. The number of esters is 2. The van der Waals surface area contributed by atoms with E-state index in [9.17, 15) is 14.2 Å². The van der Waals surface area contributed by atoms with Crippen molar-refractivity contribution < 1.29 is 37.9 Å². The highest BCUT2D eigenvalue weighted by Crippen LogP contribution is 2.35. The minimum Gasteiger partial charge on any atom is -0.462 e. The molecule has 0 unspecified atom stereocenters. The molecule has 0 saturated heterocycles. The third kappa shape index (κ3) is 36.8. The monoisotopic (exact) mass is 696 g/mol. The van der Waals surface area contributed by atoms with Crippen LogP contribution in [-0.2, 0) is 28.2 Å². The highest BCUT2D eigenvalue weighted by molar-refractivity contribution is 7.46. The van der Waals surface area contributed by atoms with Gasteiger partial charge in [0.25, 0.3) is 0 Å². The van der Waals surface area contributed by atoms with Crippen LogP contribution in [0.3, 0.4) is 0 Å². The molecule has 0 aliphatic rings. The smallest absolute Gasteiger partial charge is 0.462 e. The molecule has 8 nitrogen and oxygen atoms in total. The van der Waals surface area contributed by atoms with Crippen LogP contribution in [0.4, 0.5) is 0 Å². The van der Waals surface area contributed by atoms with Gasteiger partial charge in [-0.25, -0.2) is 9.36 Å². The number of rotatable bonds is 34. The zero-order valence-electron chi connectivity index (χ0n) is 30.4. The van der Waals surface area contributed by atoms with E-state index >= 15 is 0 Å². The molecule has 0 amide bonds. The van der Waals surface area contributed by atoms with Crippen molar-refractivity contribution in [3.63, 3.8) is 0 Å². The molecule has 0 aromatic carbocycles. The zero-order valence-corrected chi connectivity index (χ0v) is 31.3. The van der Waals surface area contributed by atoms with Crippen LogP contribution in [0.15, 0.2) is 48.6 Å². The molecule has 0 fully saturated rings. The predicted molar refractivity (Wildman–Crippen MR) is 198 cm³/mol. The number of carbonyl (C=O) groups is 2. The fourth-order valence-corrected chi connectivity index (χ4v) is 5.43. The van der Waals surface area contributed by atoms with Crippen molar-refractivity contribution in [2.45, 2.75) is 174 Å². The highest BCUT2D eigenvalue weighted by Gasteiger charge is 2.22. The van der Waals surface area contributed by atoms with Gasteiger partial charge in [0.05, 0.1) is 6.61 Å². The lowest BCUT2D eigenvalue weighted by atomic mass is 10.1. The maximum atomic E-state index is 12.2. The molecule has 0 spiro atoms. The molecule has 9 heteroatoms. The van der Waals surface area contributed by atoms with Crippen LogP contribution in [-0.4, -0.2) is 41.0 Å². The van der Waals surface area contributed by atoms with Gasteiger partial charge in [-0.15, -0.1) is 0 Å². The first-order chi connectivity index (χ1) is 23.3. The Labute approximate surface area is 293 Å². The van der Waals surface area contributed by atoms with E-state index in [0.29, 0.717) is 6.42 Å². The van der Waals surface area contributed by atoms with E-state index < -0.39 is 32.5 Å². The largest absolute Gasteiger partial charge is 0.469 e. The second-order valence-corrected chi connectivity index (χ2v) is 13.9. The molecule has 0 bridgehead atoms. The number of ether oxygens (including phenoxy) is 2. The van der Waals surface area contributed by atoms with Crippen molar-refractivity contribution in [1.29, 1.82) is 0 Å². The van der Waals surface area contributed by atoms with Crippen molar-refractivity contribution in [3.05, 3.63) is 48.6 Å². The minimum atomic E-state index is -4.78. The normalized spacial score (nSPS) is 13.0. The standard InChI is InChI=1S/C39H69O8P/c1-3-5-7-9-11-13-15-17-19-21-23-25-27-29-31-33-38(40)45-35-37(36-46-48(42,43)44)47-39(41)34-32-30-28-26-24-22-20-18-16-14-12-10-8-6-4-2/h17,19,23,25,28,30,32,34,37H,3-16,18,20-22,24,26-27,29,31,33,35-36H2,1-2H3,(H2,42,43,44)/b19-17+,25-23+,30-28+,34-32+/t37-/m1/s1. The van der Waals surface area contributed by atoms with Gasteiger partial charge in [-0.2, -0.15) is 0 Å². The first kappa shape index (κ1) is 46.0. The lowest BCUT2D eigenvalue weighted by Gasteiger charge is -2.17. The molecule has 0 saturated carbocycles. The Morgan fingerprint density at radius 1 is 0.604 bits per heavy atom. The van der Waals surface area contributed by atoms with Crippen LogP contribution in [0.2, 0.25) is 0 Å².